The minimum atomic E-state index is 0.474. The second-order valence-electron chi connectivity index (χ2n) is 5.05. The Bertz CT molecular complexity index is 580. The highest BCUT2D eigenvalue weighted by molar-refractivity contribution is 6.34. The van der Waals surface area contributed by atoms with Gasteiger partial charge < -0.3 is 4.90 Å². The van der Waals surface area contributed by atoms with Crippen molar-refractivity contribution in [1.82, 2.24) is 10.2 Å². The molecule has 1 aromatic heterocycles. The molecule has 2 aromatic rings. The minimum absolute atomic E-state index is 0.474. The predicted octanol–water partition coefficient (Wildman–Crippen LogP) is 3.52. The van der Waals surface area contributed by atoms with Crippen LogP contribution in [0.3, 0.4) is 0 Å². The Kier molecular flexibility index (Phi) is 2.86. The summed E-state index contributed by atoms with van der Waals surface area (Å²) in [5.74, 6) is 1.72. The van der Waals surface area contributed by atoms with Crippen molar-refractivity contribution < 1.29 is 0 Å². The van der Waals surface area contributed by atoms with Gasteiger partial charge in [0, 0.05) is 23.9 Å². The molecule has 1 aliphatic carbocycles. The molecule has 3 nitrogen and oxygen atoms in total. The lowest BCUT2D eigenvalue weighted by Gasteiger charge is -2.26. The fourth-order valence-electron chi connectivity index (χ4n) is 2.41. The van der Waals surface area contributed by atoms with Gasteiger partial charge in [-0.1, -0.05) is 35.9 Å². The molecule has 1 fully saturated rings. The first-order chi connectivity index (χ1) is 8.68. The summed E-state index contributed by atoms with van der Waals surface area (Å²) >= 11 is 6.10. The zero-order valence-electron chi connectivity index (χ0n) is 10.6. The molecule has 0 spiro atoms. The zero-order valence-corrected chi connectivity index (χ0v) is 11.4. The zero-order chi connectivity index (χ0) is 12.7. The molecular formula is C14H16ClN3. The minimum Gasteiger partial charge on any atom is -0.355 e. The number of rotatable bonds is 3. The number of nitrogens with zero attached hydrogens (tertiary/aromatic N) is 3. The van der Waals surface area contributed by atoms with E-state index in [-0.39, 0.29) is 0 Å². The van der Waals surface area contributed by atoms with Crippen molar-refractivity contribution >= 4 is 28.2 Å². The molecule has 0 saturated heterocycles. The van der Waals surface area contributed by atoms with Gasteiger partial charge in [0.05, 0.1) is 0 Å². The second kappa shape index (κ2) is 4.39. The maximum Gasteiger partial charge on any atom is 0.159 e. The molecule has 1 aliphatic rings. The maximum atomic E-state index is 6.10. The number of fused-ring (bicyclic) bond motifs is 1. The first-order valence-electron chi connectivity index (χ1n) is 6.32. The number of aromatic nitrogens is 2. The quantitative estimate of drug-likeness (QED) is 0.847. The summed E-state index contributed by atoms with van der Waals surface area (Å²) in [7, 11) is 2.09. The van der Waals surface area contributed by atoms with Crippen molar-refractivity contribution in [3.05, 3.63) is 29.4 Å². The Morgan fingerprint density at radius 3 is 2.56 bits per heavy atom. The van der Waals surface area contributed by atoms with Crippen molar-refractivity contribution in [2.45, 2.75) is 25.8 Å². The number of benzene rings is 1. The first-order valence-corrected chi connectivity index (χ1v) is 6.70. The summed E-state index contributed by atoms with van der Waals surface area (Å²) in [6, 6.07) is 8.54. The van der Waals surface area contributed by atoms with E-state index in [2.05, 4.69) is 35.1 Å². The SMILES string of the molecule is CC(C1CC1)N(C)c1nnc(Cl)c2ccccc12. The van der Waals surface area contributed by atoms with Gasteiger partial charge in [-0.15, -0.1) is 10.2 Å². The summed E-state index contributed by atoms with van der Waals surface area (Å²) in [5, 5.41) is 10.9. The standard InChI is InChI=1S/C14H16ClN3/c1-9(10-7-8-10)18(2)14-12-6-4-3-5-11(12)13(15)16-17-14/h3-6,9-10H,7-8H2,1-2H3. The van der Waals surface area contributed by atoms with Crippen LogP contribution in [0.25, 0.3) is 10.8 Å². The van der Waals surface area contributed by atoms with Gasteiger partial charge in [-0.3, -0.25) is 0 Å². The van der Waals surface area contributed by atoms with E-state index in [4.69, 9.17) is 11.6 Å². The molecule has 1 saturated carbocycles. The average Bonchev–Trinajstić information content (AvgIpc) is 3.22. The summed E-state index contributed by atoms with van der Waals surface area (Å²) in [4.78, 5) is 2.23. The topological polar surface area (TPSA) is 29.0 Å². The monoisotopic (exact) mass is 261 g/mol. The van der Waals surface area contributed by atoms with E-state index in [9.17, 15) is 0 Å². The average molecular weight is 262 g/mol. The third-order valence-electron chi connectivity index (χ3n) is 3.87. The van der Waals surface area contributed by atoms with Crippen LogP contribution in [0.4, 0.5) is 5.82 Å². The fourth-order valence-corrected chi connectivity index (χ4v) is 2.61. The Labute approximate surface area is 112 Å². The van der Waals surface area contributed by atoms with E-state index < -0.39 is 0 Å². The predicted molar refractivity (Wildman–Crippen MR) is 75.1 cm³/mol. The molecule has 0 amide bonds. The van der Waals surface area contributed by atoms with Crippen LogP contribution in [0.1, 0.15) is 19.8 Å². The number of hydrogen-bond donors (Lipinski definition) is 0. The van der Waals surface area contributed by atoms with E-state index in [1.54, 1.807) is 0 Å². The van der Waals surface area contributed by atoms with Crippen LogP contribution in [-0.2, 0) is 0 Å². The molecule has 94 valence electrons. The highest BCUT2D eigenvalue weighted by Crippen LogP contribution is 2.37. The second-order valence-corrected chi connectivity index (χ2v) is 5.41. The molecule has 4 heteroatoms. The third kappa shape index (κ3) is 1.93. The van der Waals surface area contributed by atoms with Crippen LogP contribution >= 0.6 is 11.6 Å². The van der Waals surface area contributed by atoms with Gasteiger partial charge in [-0.2, -0.15) is 0 Å². The van der Waals surface area contributed by atoms with Gasteiger partial charge in [0.25, 0.3) is 0 Å². The molecule has 3 rings (SSSR count). The van der Waals surface area contributed by atoms with Crippen LogP contribution in [0.15, 0.2) is 24.3 Å². The normalized spacial score (nSPS) is 16.8. The summed E-state index contributed by atoms with van der Waals surface area (Å²) in [6.07, 6.45) is 2.65. The van der Waals surface area contributed by atoms with Gasteiger partial charge in [-0.05, 0) is 25.7 Å². The Balaban J connectivity index is 2.08. The van der Waals surface area contributed by atoms with E-state index in [1.165, 1.54) is 12.8 Å². The van der Waals surface area contributed by atoms with Crippen molar-refractivity contribution in [2.75, 3.05) is 11.9 Å². The van der Waals surface area contributed by atoms with Gasteiger partial charge in [0.1, 0.15) is 0 Å². The fraction of sp³-hybridized carbons (Fsp3) is 0.429. The van der Waals surface area contributed by atoms with Gasteiger partial charge in [-0.25, -0.2) is 0 Å². The van der Waals surface area contributed by atoms with Crippen LogP contribution in [0, 0.1) is 5.92 Å². The van der Waals surface area contributed by atoms with Crippen LogP contribution in [0.2, 0.25) is 5.15 Å². The molecular weight excluding hydrogens is 246 g/mol. The molecule has 0 bridgehead atoms. The van der Waals surface area contributed by atoms with E-state index in [0.717, 1.165) is 22.5 Å². The van der Waals surface area contributed by atoms with Crippen molar-refractivity contribution in [3.63, 3.8) is 0 Å². The maximum absolute atomic E-state index is 6.10. The number of hydrogen-bond acceptors (Lipinski definition) is 3. The Morgan fingerprint density at radius 1 is 1.22 bits per heavy atom. The van der Waals surface area contributed by atoms with Gasteiger partial charge in [0.2, 0.25) is 0 Å². The third-order valence-corrected chi connectivity index (χ3v) is 4.15. The Morgan fingerprint density at radius 2 is 1.89 bits per heavy atom. The van der Waals surface area contributed by atoms with Gasteiger partial charge in [0.15, 0.2) is 11.0 Å². The van der Waals surface area contributed by atoms with Crippen molar-refractivity contribution in [3.8, 4) is 0 Å². The summed E-state index contributed by atoms with van der Waals surface area (Å²) in [6.45, 7) is 2.25. The number of anilines is 1. The summed E-state index contributed by atoms with van der Waals surface area (Å²) in [5.41, 5.74) is 0. The lowest BCUT2D eigenvalue weighted by molar-refractivity contribution is 0.603. The molecule has 1 heterocycles. The number of halogens is 1. The molecule has 0 N–H and O–H groups in total. The lowest BCUT2D eigenvalue weighted by Crippen LogP contribution is -2.31. The summed E-state index contributed by atoms with van der Waals surface area (Å²) < 4.78 is 0. The molecule has 0 radical (unpaired) electrons. The Hall–Kier alpha value is -1.35. The van der Waals surface area contributed by atoms with Crippen LogP contribution in [-0.4, -0.2) is 23.3 Å². The van der Waals surface area contributed by atoms with Crippen LogP contribution < -0.4 is 4.90 Å². The van der Waals surface area contributed by atoms with E-state index >= 15 is 0 Å². The first kappa shape index (κ1) is 11.7. The van der Waals surface area contributed by atoms with Crippen molar-refractivity contribution in [1.29, 1.82) is 0 Å². The van der Waals surface area contributed by atoms with E-state index in [1.807, 2.05) is 18.2 Å². The van der Waals surface area contributed by atoms with Gasteiger partial charge >= 0.3 is 0 Å². The molecule has 1 unspecified atom stereocenters. The van der Waals surface area contributed by atoms with Crippen LogP contribution in [0.5, 0.6) is 0 Å². The molecule has 1 atom stereocenters. The highest BCUT2D eigenvalue weighted by atomic mass is 35.5. The largest absolute Gasteiger partial charge is 0.355 e. The molecule has 0 aliphatic heterocycles. The highest BCUT2D eigenvalue weighted by Gasteiger charge is 2.31. The smallest absolute Gasteiger partial charge is 0.159 e. The molecule has 18 heavy (non-hydrogen) atoms. The van der Waals surface area contributed by atoms with Crippen molar-refractivity contribution in [2.24, 2.45) is 5.92 Å². The van der Waals surface area contributed by atoms with E-state index in [0.29, 0.717) is 11.2 Å². The lowest BCUT2D eigenvalue weighted by atomic mass is 10.1. The molecule has 1 aromatic carbocycles.